The monoisotopic (exact) mass is 287 g/mol. The molecule has 0 rings (SSSR count). The van der Waals surface area contributed by atoms with Crippen molar-refractivity contribution in [3.63, 3.8) is 0 Å². The Morgan fingerprint density at radius 3 is 1.24 bits per heavy atom. The van der Waals surface area contributed by atoms with E-state index in [-0.39, 0.29) is 17.1 Å². The van der Waals surface area contributed by atoms with E-state index in [1.54, 1.807) is 24.3 Å². The van der Waals surface area contributed by atoms with Gasteiger partial charge in [0, 0.05) is 29.2 Å². The molecule has 5 heteroatoms. The second-order valence-corrected chi connectivity index (χ2v) is 2.45. The van der Waals surface area contributed by atoms with Crippen molar-refractivity contribution < 1.29 is 36.9 Å². The summed E-state index contributed by atoms with van der Waals surface area (Å²) >= 11 is 0. The summed E-state index contributed by atoms with van der Waals surface area (Å²) in [6.45, 7) is 3.65. The second-order valence-electron chi connectivity index (χ2n) is 2.45. The maximum atomic E-state index is 9.75. The van der Waals surface area contributed by atoms with Crippen LogP contribution in [0.15, 0.2) is 48.6 Å². The third kappa shape index (κ3) is 31.4. The molecule has 0 unspecified atom stereocenters. The van der Waals surface area contributed by atoms with E-state index in [1.807, 2.05) is 13.8 Å². The Labute approximate surface area is 112 Å². The summed E-state index contributed by atoms with van der Waals surface area (Å²) in [7, 11) is 0. The number of carboxylic acids is 2. The minimum absolute atomic E-state index is 0. The Hall–Kier alpha value is -1.58. The van der Waals surface area contributed by atoms with E-state index in [9.17, 15) is 9.59 Å². The molecule has 0 saturated heterocycles. The first-order valence-corrected chi connectivity index (χ1v) is 4.59. The third-order valence-corrected chi connectivity index (χ3v) is 1.08. The van der Waals surface area contributed by atoms with Crippen molar-refractivity contribution >= 4 is 11.9 Å². The van der Waals surface area contributed by atoms with Crippen LogP contribution in [0.1, 0.15) is 13.8 Å². The molecule has 0 bridgehead atoms. The molecule has 0 aromatic rings. The van der Waals surface area contributed by atoms with Crippen molar-refractivity contribution in [1.82, 2.24) is 0 Å². The Balaban J connectivity index is -0.000000218. The van der Waals surface area contributed by atoms with Crippen molar-refractivity contribution in [2.75, 3.05) is 0 Å². The molecule has 1 radical (unpaired) electrons. The Bertz CT molecular complexity index is 282. The third-order valence-electron chi connectivity index (χ3n) is 1.08. The number of carbonyl (C=O) groups is 2. The van der Waals surface area contributed by atoms with Crippen molar-refractivity contribution in [3.8, 4) is 0 Å². The summed E-state index contributed by atoms with van der Waals surface area (Å²) in [6, 6.07) is 0. The van der Waals surface area contributed by atoms with Gasteiger partial charge in [-0.1, -0.05) is 36.5 Å². The molecule has 17 heavy (non-hydrogen) atoms. The van der Waals surface area contributed by atoms with E-state index < -0.39 is 11.9 Å². The van der Waals surface area contributed by atoms with Gasteiger partial charge in [-0.2, -0.15) is 0 Å². The fourth-order valence-corrected chi connectivity index (χ4v) is 0.498. The topological polar surface area (TPSA) is 74.6 Å². The zero-order chi connectivity index (χ0) is 12.8. The zero-order valence-electron chi connectivity index (χ0n) is 9.63. The smallest absolute Gasteiger partial charge is 0.328 e. The molecule has 4 nitrogen and oxygen atoms in total. The first-order valence-electron chi connectivity index (χ1n) is 4.59. The van der Waals surface area contributed by atoms with Gasteiger partial charge in [-0.15, -0.1) is 0 Å². The molecule has 0 aromatic heterocycles. The van der Waals surface area contributed by atoms with E-state index in [2.05, 4.69) is 0 Å². The van der Waals surface area contributed by atoms with Crippen LogP contribution >= 0.6 is 0 Å². The van der Waals surface area contributed by atoms with Gasteiger partial charge in [0.1, 0.15) is 0 Å². The number of hydrogen-bond donors (Lipinski definition) is 2. The average Bonchev–Trinajstić information content (AvgIpc) is 2.18. The molecule has 0 spiro atoms. The van der Waals surface area contributed by atoms with Crippen LogP contribution in [0, 0.1) is 0 Å². The van der Waals surface area contributed by atoms with E-state index in [1.165, 1.54) is 12.2 Å². The first-order chi connectivity index (χ1) is 7.54. The quantitative estimate of drug-likeness (QED) is 0.473. The summed E-state index contributed by atoms with van der Waals surface area (Å²) in [5, 5.41) is 16.0. The number of aliphatic carboxylic acids is 2. The molecule has 0 aliphatic rings. The predicted molar refractivity (Wildman–Crippen MR) is 63.2 cm³/mol. The molecule has 0 fully saturated rings. The van der Waals surface area contributed by atoms with Gasteiger partial charge in [0.25, 0.3) is 0 Å². The zero-order valence-corrected chi connectivity index (χ0v) is 10.6. The molecule has 2 N–H and O–H groups in total. The SMILES string of the molecule is C/C=C/C=C/C(=O)O.C/C=C/C=C/C(=O)O.[Cu]. The van der Waals surface area contributed by atoms with Gasteiger partial charge in [-0.25, -0.2) is 9.59 Å². The number of allylic oxidation sites excluding steroid dienone is 6. The van der Waals surface area contributed by atoms with Gasteiger partial charge in [0.15, 0.2) is 0 Å². The van der Waals surface area contributed by atoms with Crippen LogP contribution in [0.25, 0.3) is 0 Å². The van der Waals surface area contributed by atoms with E-state index in [0.29, 0.717) is 0 Å². The van der Waals surface area contributed by atoms with Crippen molar-refractivity contribution in [3.05, 3.63) is 48.6 Å². The average molecular weight is 288 g/mol. The maximum Gasteiger partial charge on any atom is 0.328 e. The number of hydrogen-bond acceptors (Lipinski definition) is 2. The molecular weight excluding hydrogens is 272 g/mol. The molecule has 0 atom stereocenters. The van der Waals surface area contributed by atoms with Crippen LogP contribution in [0.5, 0.6) is 0 Å². The van der Waals surface area contributed by atoms with Gasteiger partial charge in [0.05, 0.1) is 0 Å². The van der Waals surface area contributed by atoms with Crippen LogP contribution in [0.3, 0.4) is 0 Å². The van der Waals surface area contributed by atoms with Gasteiger partial charge in [-0.05, 0) is 13.8 Å². The Kier molecular flexibility index (Phi) is 20.6. The summed E-state index contributed by atoms with van der Waals surface area (Å²) in [5.41, 5.74) is 0. The number of carboxylic acid groups (broad SMARTS) is 2. The maximum absolute atomic E-state index is 9.75. The molecule has 0 heterocycles. The number of rotatable bonds is 4. The standard InChI is InChI=1S/2C6H8O2.Cu/c2*1-2-3-4-5-6(7)8;/h2*2-5H,1H3,(H,7,8);/b2*3-2+,5-4+;. The van der Waals surface area contributed by atoms with Gasteiger partial charge in [-0.3, -0.25) is 0 Å². The second kappa shape index (κ2) is 16.8. The van der Waals surface area contributed by atoms with Gasteiger partial charge >= 0.3 is 11.9 Å². The molecule has 0 aromatic carbocycles. The minimum Gasteiger partial charge on any atom is -0.478 e. The Morgan fingerprint density at radius 1 is 0.765 bits per heavy atom. The van der Waals surface area contributed by atoms with Gasteiger partial charge < -0.3 is 10.2 Å². The molecule has 0 aliphatic heterocycles. The molecular formula is C12H16CuO4. The fourth-order valence-electron chi connectivity index (χ4n) is 0.498. The van der Waals surface area contributed by atoms with Crippen LogP contribution in [0.2, 0.25) is 0 Å². The summed E-state index contributed by atoms with van der Waals surface area (Å²) in [5.74, 6) is -1.83. The van der Waals surface area contributed by atoms with E-state index in [4.69, 9.17) is 10.2 Å². The predicted octanol–water partition coefficient (Wildman–Crippen LogP) is 2.40. The molecule has 99 valence electrons. The van der Waals surface area contributed by atoms with Crippen LogP contribution in [0.4, 0.5) is 0 Å². The van der Waals surface area contributed by atoms with Gasteiger partial charge in [0.2, 0.25) is 0 Å². The van der Waals surface area contributed by atoms with Crippen molar-refractivity contribution in [2.45, 2.75) is 13.8 Å². The minimum atomic E-state index is -0.914. The van der Waals surface area contributed by atoms with Crippen LogP contribution in [-0.4, -0.2) is 22.2 Å². The summed E-state index contributed by atoms with van der Waals surface area (Å²) in [4.78, 5) is 19.5. The normalized spacial score (nSPS) is 10.5. The Morgan fingerprint density at radius 2 is 1.06 bits per heavy atom. The molecule has 0 aliphatic carbocycles. The van der Waals surface area contributed by atoms with Crippen molar-refractivity contribution in [2.24, 2.45) is 0 Å². The van der Waals surface area contributed by atoms with Crippen LogP contribution in [-0.2, 0) is 26.7 Å². The summed E-state index contributed by atoms with van der Waals surface area (Å²) < 4.78 is 0. The van der Waals surface area contributed by atoms with Crippen LogP contribution < -0.4 is 0 Å². The van der Waals surface area contributed by atoms with E-state index in [0.717, 1.165) is 12.2 Å². The molecule has 0 amide bonds. The summed E-state index contributed by atoms with van der Waals surface area (Å²) in [6.07, 6.45) is 12.0. The largest absolute Gasteiger partial charge is 0.478 e. The van der Waals surface area contributed by atoms with E-state index >= 15 is 0 Å². The fraction of sp³-hybridized carbons (Fsp3) is 0.167. The van der Waals surface area contributed by atoms with Crippen molar-refractivity contribution in [1.29, 1.82) is 0 Å². The first kappa shape index (κ1) is 20.8. The molecule has 0 saturated carbocycles.